The predicted molar refractivity (Wildman–Crippen MR) is 131 cm³/mol. The van der Waals surface area contributed by atoms with Crippen molar-refractivity contribution in [2.45, 2.75) is 58.5 Å². The van der Waals surface area contributed by atoms with Crippen molar-refractivity contribution in [2.24, 2.45) is 0 Å². The Bertz CT molecular complexity index is 952. The summed E-state index contributed by atoms with van der Waals surface area (Å²) in [5, 5.41) is 7.85. The lowest BCUT2D eigenvalue weighted by Gasteiger charge is -2.23. The molecule has 0 spiro atoms. The lowest BCUT2D eigenvalue weighted by atomic mass is 10.1. The van der Waals surface area contributed by atoms with Crippen LogP contribution in [0.3, 0.4) is 0 Å². The molecule has 1 unspecified atom stereocenters. The summed E-state index contributed by atoms with van der Waals surface area (Å²) in [4.78, 5) is 15.5. The fourth-order valence-corrected chi connectivity index (χ4v) is 4.08. The highest BCUT2D eigenvalue weighted by Gasteiger charge is 2.20. The van der Waals surface area contributed by atoms with Gasteiger partial charge in [-0.25, -0.2) is 4.68 Å². The van der Waals surface area contributed by atoms with Crippen molar-refractivity contribution in [3.8, 4) is 5.69 Å². The number of benzene rings is 2. The Morgan fingerprint density at radius 3 is 2.34 bits per heavy atom. The second kappa shape index (κ2) is 12.2. The maximum atomic E-state index is 13.2. The van der Waals surface area contributed by atoms with Gasteiger partial charge in [-0.05, 0) is 44.0 Å². The van der Waals surface area contributed by atoms with Crippen molar-refractivity contribution < 1.29 is 4.79 Å². The Labute approximate surface area is 192 Å². The highest BCUT2D eigenvalue weighted by molar-refractivity contribution is 5.95. The van der Waals surface area contributed by atoms with Crippen LogP contribution in [0.2, 0.25) is 0 Å². The lowest BCUT2D eigenvalue weighted by Crippen LogP contribution is -2.37. The van der Waals surface area contributed by atoms with Crippen LogP contribution >= 0.6 is 0 Å². The molecule has 5 nitrogen and oxygen atoms in total. The predicted octanol–water partition coefficient (Wildman–Crippen LogP) is 5.25. The van der Waals surface area contributed by atoms with Gasteiger partial charge < -0.3 is 10.2 Å². The van der Waals surface area contributed by atoms with Crippen molar-refractivity contribution in [3.63, 3.8) is 0 Å². The first-order chi connectivity index (χ1) is 15.6. The molecule has 0 aliphatic carbocycles. The topological polar surface area (TPSA) is 50.2 Å². The Balaban J connectivity index is 1.66. The molecule has 0 aliphatic heterocycles. The van der Waals surface area contributed by atoms with Crippen molar-refractivity contribution >= 4 is 5.91 Å². The van der Waals surface area contributed by atoms with Crippen LogP contribution in [-0.2, 0) is 13.0 Å². The van der Waals surface area contributed by atoms with E-state index in [2.05, 4.69) is 60.5 Å². The van der Waals surface area contributed by atoms with E-state index >= 15 is 0 Å². The van der Waals surface area contributed by atoms with E-state index in [0.29, 0.717) is 5.56 Å². The van der Waals surface area contributed by atoms with Crippen molar-refractivity contribution in [1.29, 1.82) is 0 Å². The Hall–Kier alpha value is -2.92. The molecular formula is C27H36N4O. The number of aromatic nitrogens is 2. The number of rotatable bonds is 12. The van der Waals surface area contributed by atoms with Crippen molar-refractivity contribution in [2.75, 3.05) is 13.6 Å². The first-order valence-electron chi connectivity index (χ1n) is 11.8. The monoisotopic (exact) mass is 432 g/mol. The van der Waals surface area contributed by atoms with Crippen LogP contribution in [0.5, 0.6) is 0 Å². The van der Waals surface area contributed by atoms with E-state index in [-0.39, 0.29) is 11.9 Å². The molecule has 0 saturated carbocycles. The number of nitrogens with one attached hydrogen (secondary N) is 1. The molecule has 5 heteroatoms. The second-order valence-corrected chi connectivity index (χ2v) is 8.47. The van der Waals surface area contributed by atoms with Crippen molar-refractivity contribution in [3.05, 3.63) is 83.7 Å². The van der Waals surface area contributed by atoms with E-state index in [1.807, 2.05) is 41.1 Å². The molecule has 2 aromatic carbocycles. The third-order valence-corrected chi connectivity index (χ3v) is 5.73. The minimum absolute atomic E-state index is 0.0141. The summed E-state index contributed by atoms with van der Waals surface area (Å²) < 4.78 is 1.90. The molecule has 0 aliphatic rings. The summed E-state index contributed by atoms with van der Waals surface area (Å²) >= 11 is 0. The van der Waals surface area contributed by atoms with Crippen LogP contribution in [0.25, 0.3) is 5.69 Å². The molecule has 3 rings (SSSR count). The van der Waals surface area contributed by atoms with Crippen LogP contribution in [0.4, 0.5) is 0 Å². The van der Waals surface area contributed by atoms with Gasteiger partial charge >= 0.3 is 0 Å². The van der Waals surface area contributed by atoms with Crippen LogP contribution in [0, 0.1) is 0 Å². The van der Waals surface area contributed by atoms with Gasteiger partial charge in [0, 0.05) is 19.1 Å². The second-order valence-electron chi connectivity index (χ2n) is 8.47. The normalized spacial score (nSPS) is 12.1. The summed E-state index contributed by atoms with van der Waals surface area (Å²) in [6.07, 6.45) is 6.44. The van der Waals surface area contributed by atoms with Gasteiger partial charge in [0.25, 0.3) is 5.91 Å². The van der Waals surface area contributed by atoms with Gasteiger partial charge in [-0.1, -0.05) is 75.2 Å². The molecule has 1 aromatic heterocycles. The molecule has 1 amide bonds. The molecule has 0 saturated heterocycles. The quantitative estimate of drug-likeness (QED) is 0.425. The van der Waals surface area contributed by atoms with Gasteiger partial charge in [0.2, 0.25) is 0 Å². The van der Waals surface area contributed by atoms with Gasteiger partial charge in [-0.3, -0.25) is 4.79 Å². The van der Waals surface area contributed by atoms with E-state index in [4.69, 9.17) is 0 Å². The average Bonchev–Trinajstić information content (AvgIpc) is 3.23. The van der Waals surface area contributed by atoms with Crippen LogP contribution in [0.1, 0.15) is 61.1 Å². The van der Waals surface area contributed by atoms with E-state index in [0.717, 1.165) is 56.6 Å². The highest BCUT2D eigenvalue weighted by Crippen LogP contribution is 2.18. The van der Waals surface area contributed by atoms with Crippen LogP contribution < -0.4 is 5.32 Å². The molecule has 3 aromatic rings. The number of hydrogen-bond acceptors (Lipinski definition) is 3. The number of hydrogen-bond donors (Lipinski definition) is 1. The summed E-state index contributed by atoms with van der Waals surface area (Å²) in [7, 11) is 2.14. The van der Waals surface area contributed by atoms with E-state index in [1.54, 1.807) is 6.20 Å². The summed E-state index contributed by atoms with van der Waals surface area (Å²) in [6, 6.07) is 20.7. The van der Waals surface area contributed by atoms with Crippen molar-refractivity contribution in [1.82, 2.24) is 20.0 Å². The van der Waals surface area contributed by atoms with Crippen LogP contribution in [0.15, 0.2) is 66.9 Å². The first-order valence-corrected chi connectivity index (χ1v) is 11.8. The van der Waals surface area contributed by atoms with Gasteiger partial charge in [-0.2, -0.15) is 5.10 Å². The smallest absolute Gasteiger partial charge is 0.254 e. The summed E-state index contributed by atoms with van der Waals surface area (Å²) in [6.45, 7) is 6.15. The molecule has 0 bridgehead atoms. The van der Waals surface area contributed by atoms with Crippen LogP contribution in [-0.4, -0.2) is 40.2 Å². The largest absolute Gasteiger partial charge is 0.349 e. The SMILES string of the molecule is CCCc1c(C(=O)NC(CCC)CCN(C)Cc2ccccc2)cnn1-c1ccccc1. The molecule has 170 valence electrons. The zero-order valence-corrected chi connectivity index (χ0v) is 19.6. The van der Waals surface area contributed by atoms with E-state index in [1.165, 1.54) is 5.56 Å². The third-order valence-electron chi connectivity index (χ3n) is 5.73. The minimum atomic E-state index is -0.0141. The fourth-order valence-electron chi connectivity index (χ4n) is 4.08. The lowest BCUT2D eigenvalue weighted by molar-refractivity contribution is 0.0928. The minimum Gasteiger partial charge on any atom is -0.349 e. The molecule has 1 N–H and O–H groups in total. The summed E-state index contributed by atoms with van der Waals surface area (Å²) in [5.74, 6) is -0.0141. The van der Waals surface area contributed by atoms with Gasteiger partial charge in [0.1, 0.15) is 0 Å². The maximum absolute atomic E-state index is 13.2. The number of nitrogens with zero attached hydrogens (tertiary/aromatic N) is 3. The first kappa shape index (κ1) is 23.7. The number of para-hydroxylation sites is 1. The molecule has 1 atom stereocenters. The molecule has 1 heterocycles. The van der Waals surface area contributed by atoms with Gasteiger partial charge in [0.15, 0.2) is 0 Å². The molecule has 0 radical (unpaired) electrons. The third kappa shape index (κ3) is 6.54. The summed E-state index contributed by atoms with van der Waals surface area (Å²) in [5.41, 5.74) is 3.97. The molecule has 0 fully saturated rings. The maximum Gasteiger partial charge on any atom is 0.254 e. The highest BCUT2D eigenvalue weighted by atomic mass is 16.1. The Morgan fingerprint density at radius 1 is 1.00 bits per heavy atom. The zero-order chi connectivity index (χ0) is 22.8. The Kier molecular flexibility index (Phi) is 9.05. The van der Waals surface area contributed by atoms with E-state index < -0.39 is 0 Å². The van der Waals surface area contributed by atoms with Gasteiger partial charge in [-0.15, -0.1) is 0 Å². The molecule has 32 heavy (non-hydrogen) atoms. The number of carbonyl (C=O) groups is 1. The fraction of sp³-hybridized carbons (Fsp3) is 0.407. The Morgan fingerprint density at radius 2 is 1.69 bits per heavy atom. The standard InChI is InChI=1S/C27H36N4O/c1-4-12-23(18-19-30(3)21-22-14-8-6-9-15-22)29-27(32)25-20-28-31(26(25)13-5-2)24-16-10-7-11-17-24/h6-11,14-17,20,23H,4-5,12-13,18-19,21H2,1-3H3,(H,29,32). The van der Waals surface area contributed by atoms with Gasteiger partial charge in [0.05, 0.1) is 23.1 Å². The van der Waals surface area contributed by atoms with E-state index in [9.17, 15) is 4.79 Å². The molecular weight excluding hydrogens is 396 g/mol. The zero-order valence-electron chi connectivity index (χ0n) is 19.6. The number of amides is 1. The number of carbonyl (C=O) groups excluding carboxylic acids is 1. The average molecular weight is 433 g/mol.